The number of ether oxygens (including phenoxy) is 1. The molecule has 0 unspecified atom stereocenters. The van der Waals surface area contributed by atoms with E-state index in [1.54, 1.807) is 6.20 Å². The molecule has 0 saturated carbocycles. The van der Waals surface area contributed by atoms with Crippen LogP contribution in [0.3, 0.4) is 0 Å². The van der Waals surface area contributed by atoms with Crippen molar-refractivity contribution >= 4 is 11.7 Å². The number of rotatable bonds is 5. The highest BCUT2D eigenvalue weighted by Gasteiger charge is 2.26. The summed E-state index contributed by atoms with van der Waals surface area (Å²) < 4.78 is 5.89. The van der Waals surface area contributed by atoms with Gasteiger partial charge >= 0.3 is 0 Å². The Kier molecular flexibility index (Phi) is 5.81. The first-order chi connectivity index (χ1) is 14.2. The van der Waals surface area contributed by atoms with Crippen LogP contribution in [0.25, 0.3) is 11.4 Å². The number of hydrogen-bond donors (Lipinski definition) is 1. The molecule has 1 aliphatic heterocycles. The second kappa shape index (κ2) is 8.84. The van der Waals surface area contributed by atoms with Gasteiger partial charge in [-0.15, -0.1) is 0 Å². The molecule has 2 aromatic carbocycles. The first-order valence-electron chi connectivity index (χ1n) is 9.88. The van der Waals surface area contributed by atoms with E-state index in [0.29, 0.717) is 31.1 Å². The lowest BCUT2D eigenvalue weighted by molar-refractivity contribution is -0.0228. The van der Waals surface area contributed by atoms with Crippen LogP contribution in [-0.4, -0.2) is 47.0 Å². The van der Waals surface area contributed by atoms with Crippen molar-refractivity contribution in [1.29, 1.82) is 0 Å². The third-order valence-electron chi connectivity index (χ3n) is 4.91. The summed E-state index contributed by atoms with van der Waals surface area (Å²) in [4.78, 5) is 23.9. The molecule has 1 fully saturated rings. The average molecular weight is 388 g/mol. The van der Waals surface area contributed by atoms with Gasteiger partial charge in [-0.05, 0) is 30.7 Å². The van der Waals surface area contributed by atoms with Crippen LogP contribution < -0.4 is 5.32 Å². The van der Waals surface area contributed by atoms with Gasteiger partial charge in [0.15, 0.2) is 5.82 Å². The van der Waals surface area contributed by atoms with Crippen LogP contribution in [0.5, 0.6) is 0 Å². The summed E-state index contributed by atoms with van der Waals surface area (Å²) in [5.74, 6) is 1.37. The molecule has 1 atom stereocenters. The molecule has 1 aromatic heterocycles. The topological polar surface area (TPSA) is 67.4 Å². The number of benzene rings is 2. The largest absolute Gasteiger partial charge is 0.370 e. The molecule has 3 aromatic rings. The maximum absolute atomic E-state index is 13.1. The highest BCUT2D eigenvalue weighted by Crippen LogP contribution is 2.24. The quantitative estimate of drug-likeness (QED) is 0.720. The molecule has 1 saturated heterocycles. The van der Waals surface area contributed by atoms with Crippen molar-refractivity contribution in [3.05, 3.63) is 78.0 Å². The molecule has 29 heavy (non-hydrogen) atoms. The second-order valence-corrected chi connectivity index (χ2v) is 6.90. The van der Waals surface area contributed by atoms with E-state index in [-0.39, 0.29) is 12.0 Å². The molecule has 0 bridgehead atoms. The lowest BCUT2D eigenvalue weighted by Crippen LogP contribution is -2.42. The third kappa shape index (κ3) is 4.43. The molecular weight excluding hydrogens is 364 g/mol. The number of carbonyl (C=O) groups is 1. The zero-order valence-corrected chi connectivity index (χ0v) is 16.4. The van der Waals surface area contributed by atoms with E-state index in [9.17, 15) is 4.79 Å². The minimum Gasteiger partial charge on any atom is -0.370 e. The summed E-state index contributed by atoms with van der Waals surface area (Å²) in [5.41, 5.74) is 2.55. The lowest BCUT2D eigenvalue weighted by atomic mass is 10.1. The average Bonchev–Trinajstić information content (AvgIpc) is 2.80. The number of morpholine rings is 1. The SMILES string of the molecule is CCNc1ccnc(-c2cccc(C(=O)N3CCO[C@@H](c4ccccc4)C3)c2)n1. The number of amides is 1. The van der Waals surface area contributed by atoms with Crippen molar-refractivity contribution in [3.63, 3.8) is 0 Å². The molecule has 6 nitrogen and oxygen atoms in total. The van der Waals surface area contributed by atoms with E-state index < -0.39 is 0 Å². The van der Waals surface area contributed by atoms with Gasteiger partial charge in [0.2, 0.25) is 0 Å². The van der Waals surface area contributed by atoms with Crippen LogP contribution in [0.15, 0.2) is 66.9 Å². The summed E-state index contributed by atoms with van der Waals surface area (Å²) in [6, 6.07) is 19.4. The Hall–Kier alpha value is -3.25. The number of nitrogens with one attached hydrogen (secondary N) is 1. The Balaban J connectivity index is 1.53. The lowest BCUT2D eigenvalue weighted by Gasteiger charge is -2.33. The Morgan fingerprint density at radius 1 is 1.17 bits per heavy atom. The predicted molar refractivity (Wildman–Crippen MR) is 113 cm³/mol. The molecule has 148 valence electrons. The predicted octanol–water partition coefficient (Wildman–Crippen LogP) is 3.79. The molecular formula is C23H24N4O2. The van der Waals surface area contributed by atoms with Gasteiger partial charge in [0.25, 0.3) is 5.91 Å². The van der Waals surface area contributed by atoms with Crippen LogP contribution in [0.1, 0.15) is 28.9 Å². The zero-order chi connectivity index (χ0) is 20.1. The van der Waals surface area contributed by atoms with Gasteiger partial charge < -0.3 is 15.0 Å². The number of hydrogen-bond acceptors (Lipinski definition) is 5. The minimum atomic E-state index is -0.0998. The van der Waals surface area contributed by atoms with Gasteiger partial charge in [-0.1, -0.05) is 42.5 Å². The van der Waals surface area contributed by atoms with Crippen LogP contribution in [-0.2, 0) is 4.74 Å². The molecule has 1 amide bonds. The summed E-state index contributed by atoms with van der Waals surface area (Å²) >= 11 is 0. The van der Waals surface area contributed by atoms with Crippen molar-refractivity contribution in [1.82, 2.24) is 14.9 Å². The van der Waals surface area contributed by atoms with Gasteiger partial charge in [-0.3, -0.25) is 4.79 Å². The van der Waals surface area contributed by atoms with Crippen LogP contribution in [0.2, 0.25) is 0 Å². The Morgan fingerprint density at radius 3 is 2.86 bits per heavy atom. The number of anilines is 1. The molecule has 1 N–H and O–H groups in total. The molecule has 0 radical (unpaired) electrons. The fraction of sp³-hybridized carbons (Fsp3) is 0.261. The smallest absolute Gasteiger partial charge is 0.254 e. The Bertz CT molecular complexity index is 977. The van der Waals surface area contributed by atoms with Crippen LogP contribution >= 0.6 is 0 Å². The van der Waals surface area contributed by atoms with E-state index in [4.69, 9.17) is 4.74 Å². The van der Waals surface area contributed by atoms with Crippen molar-refractivity contribution in [2.24, 2.45) is 0 Å². The number of carbonyl (C=O) groups excluding carboxylic acids is 1. The molecule has 6 heteroatoms. The summed E-state index contributed by atoms with van der Waals surface area (Å²) in [7, 11) is 0. The van der Waals surface area contributed by atoms with E-state index in [0.717, 1.165) is 23.5 Å². The molecule has 1 aliphatic rings. The van der Waals surface area contributed by atoms with E-state index in [2.05, 4.69) is 15.3 Å². The first-order valence-corrected chi connectivity index (χ1v) is 9.88. The van der Waals surface area contributed by atoms with E-state index in [1.807, 2.05) is 72.5 Å². The normalized spacial score (nSPS) is 16.4. The van der Waals surface area contributed by atoms with Crippen molar-refractivity contribution in [2.75, 3.05) is 31.6 Å². The highest BCUT2D eigenvalue weighted by atomic mass is 16.5. The van der Waals surface area contributed by atoms with Gasteiger partial charge in [0, 0.05) is 30.4 Å². The first kappa shape index (κ1) is 19.1. The fourth-order valence-corrected chi connectivity index (χ4v) is 3.45. The molecule has 4 rings (SSSR count). The van der Waals surface area contributed by atoms with Crippen molar-refractivity contribution in [2.45, 2.75) is 13.0 Å². The molecule has 0 aliphatic carbocycles. The summed E-state index contributed by atoms with van der Waals surface area (Å²) in [6.07, 6.45) is 1.62. The summed E-state index contributed by atoms with van der Waals surface area (Å²) in [5, 5.41) is 3.19. The second-order valence-electron chi connectivity index (χ2n) is 6.90. The van der Waals surface area contributed by atoms with Crippen LogP contribution in [0, 0.1) is 0 Å². The van der Waals surface area contributed by atoms with Crippen molar-refractivity contribution < 1.29 is 9.53 Å². The van der Waals surface area contributed by atoms with E-state index in [1.165, 1.54) is 0 Å². The van der Waals surface area contributed by atoms with Gasteiger partial charge in [0.1, 0.15) is 11.9 Å². The molecule has 2 heterocycles. The maximum Gasteiger partial charge on any atom is 0.254 e. The van der Waals surface area contributed by atoms with Crippen LogP contribution in [0.4, 0.5) is 5.82 Å². The highest BCUT2D eigenvalue weighted by molar-refractivity contribution is 5.95. The Labute approximate surface area is 170 Å². The minimum absolute atomic E-state index is 0.00100. The van der Waals surface area contributed by atoms with Gasteiger partial charge in [-0.25, -0.2) is 9.97 Å². The number of aromatic nitrogens is 2. The van der Waals surface area contributed by atoms with Gasteiger partial charge in [0.05, 0.1) is 13.2 Å². The Morgan fingerprint density at radius 2 is 2.03 bits per heavy atom. The zero-order valence-electron chi connectivity index (χ0n) is 16.4. The molecule has 0 spiro atoms. The van der Waals surface area contributed by atoms with Gasteiger partial charge in [-0.2, -0.15) is 0 Å². The van der Waals surface area contributed by atoms with E-state index >= 15 is 0 Å². The maximum atomic E-state index is 13.1. The monoisotopic (exact) mass is 388 g/mol. The fourth-order valence-electron chi connectivity index (χ4n) is 3.45. The van der Waals surface area contributed by atoms with Crippen molar-refractivity contribution in [3.8, 4) is 11.4 Å². The number of nitrogens with zero attached hydrogens (tertiary/aromatic N) is 3. The third-order valence-corrected chi connectivity index (χ3v) is 4.91. The standard InChI is InChI=1S/C23H24N4O2/c1-2-24-21-11-12-25-22(26-21)18-9-6-10-19(15-18)23(28)27-13-14-29-20(16-27)17-7-4-3-5-8-17/h3-12,15,20H,2,13-14,16H2,1H3,(H,24,25,26)/t20-/m1/s1. The summed E-state index contributed by atoms with van der Waals surface area (Å²) in [6.45, 7) is 4.46.